The minimum Gasteiger partial charge on any atom is -0.756 e. The largest absolute Gasteiger partial charge is 1.00 e. The van der Waals surface area contributed by atoms with Crippen molar-refractivity contribution >= 4 is 7.82 Å². The van der Waals surface area contributed by atoms with Crippen molar-refractivity contribution in [1.29, 1.82) is 0 Å². The summed E-state index contributed by atoms with van der Waals surface area (Å²) in [5.41, 5.74) is 0. The molecule has 0 rings (SSSR count). The summed E-state index contributed by atoms with van der Waals surface area (Å²) < 4.78 is 14.0. The summed E-state index contributed by atoms with van der Waals surface area (Å²) in [6.45, 7) is 2.08. The topological polar surface area (TPSA) is 69.6 Å². The summed E-state index contributed by atoms with van der Waals surface area (Å²) in [7, 11) is -4.46. The van der Waals surface area contributed by atoms with Crippen LogP contribution in [0.2, 0.25) is 0 Å². The number of phosphoric ester groups is 1. The van der Waals surface area contributed by atoms with Crippen molar-refractivity contribution in [2.24, 2.45) is 0 Å². The van der Waals surface area contributed by atoms with Gasteiger partial charge < -0.3 is 14.3 Å². The minimum absolute atomic E-state index is 0. The molecule has 0 aliphatic heterocycles. The second-order valence-corrected chi connectivity index (χ2v) is 3.20. The monoisotopic (exact) mass is 190 g/mol. The molecule has 4 nitrogen and oxygen atoms in total. The Kier molecular flexibility index (Phi) is 10.3. The van der Waals surface area contributed by atoms with Crippen LogP contribution in [0.25, 0.3) is 0 Å². The number of rotatable bonds is 5. The van der Waals surface area contributed by atoms with Gasteiger partial charge in [0.25, 0.3) is 7.82 Å². The van der Waals surface area contributed by atoms with Gasteiger partial charge in [-0.1, -0.05) is 19.8 Å². The third-order valence-corrected chi connectivity index (χ3v) is 1.51. The summed E-state index contributed by atoms with van der Waals surface area (Å²) in [5, 5.41) is 0. The van der Waals surface area contributed by atoms with E-state index >= 15 is 0 Å². The van der Waals surface area contributed by atoms with Crippen molar-refractivity contribution in [3.05, 3.63) is 0 Å². The van der Waals surface area contributed by atoms with E-state index in [9.17, 15) is 9.46 Å². The van der Waals surface area contributed by atoms with Crippen molar-refractivity contribution in [3.63, 3.8) is 0 Å². The van der Waals surface area contributed by atoms with Gasteiger partial charge in [0.15, 0.2) is 0 Å². The zero-order valence-corrected chi connectivity index (χ0v) is 9.84. The van der Waals surface area contributed by atoms with Crippen LogP contribution in [0.4, 0.5) is 0 Å². The summed E-state index contributed by atoms with van der Waals surface area (Å²) >= 11 is 0. The summed E-state index contributed by atoms with van der Waals surface area (Å²) in [6, 6.07) is 0. The Balaban J connectivity index is 0. The molecule has 0 fully saturated rings. The van der Waals surface area contributed by atoms with Gasteiger partial charge in [0.1, 0.15) is 0 Å². The van der Waals surface area contributed by atoms with Crippen molar-refractivity contribution in [2.75, 3.05) is 6.61 Å². The summed E-state index contributed by atoms with van der Waals surface area (Å²) in [5.74, 6) is 0. The normalized spacial score (nSPS) is 15.2. The molecule has 0 spiro atoms. The van der Waals surface area contributed by atoms with Gasteiger partial charge >= 0.3 is 29.6 Å². The van der Waals surface area contributed by atoms with Gasteiger partial charge in [-0.25, -0.2) is 0 Å². The fourth-order valence-electron chi connectivity index (χ4n) is 0.532. The average Bonchev–Trinajstić information content (AvgIpc) is 1.78. The molecule has 1 N–H and O–H groups in total. The van der Waals surface area contributed by atoms with Crippen molar-refractivity contribution < 1.29 is 48.4 Å². The Morgan fingerprint density at radius 2 is 2.09 bits per heavy atom. The van der Waals surface area contributed by atoms with Gasteiger partial charge in [-0.2, -0.15) is 0 Å². The Hall–Kier alpha value is 1.11. The maximum absolute atomic E-state index is 9.96. The van der Waals surface area contributed by atoms with Crippen LogP contribution in [0.15, 0.2) is 0 Å². The van der Waals surface area contributed by atoms with Gasteiger partial charge in [-0.3, -0.25) is 4.57 Å². The second kappa shape index (κ2) is 7.74. The van der Waals surface area contributed by atoms with E-state index in [1.165, 1.54) is 0 Å². The van der Waals surface area contributed by atoms with Crippen LogP contribution in [0.1, 0.15) is 26.2 Å². The van der Waals surface area contributed by atoms with Crippen LogP contribution in [-0.2, 0) is 9.09 Å². The van der Waals surface area contributed by atoms with Gasteiger partial charge in [-0.05, 0) is 6.42 Å². The molecule has 0 aromatic rings. The fourth-order valence-corrected chi connectivity index (χ4v) is 0.892. The van der Waals surface area contributed by atoms with Crippen LogP contribution < -0.4 is 34.5 Å². The Labute approximate surface area is 88.9 Å². The first-order chi connectivity index (χ1) is 4.56. The quantitative estimate of drug-likeness (QED) is 0.299. The van der Waals surface area contributed by atoms with E-state index in [0.29, 0.717) is 6.42 Å². The smallest absolute Gasteiger partial charge is 0.756 e. The molecule has 1 unspecified atom stereocenters. The zero-order valence-electron chi connectivity index (χ0n) is 6.95. The molecular formula is C5H12NaO4P. The maximum atomic E-state index is 9.96. The number of unbranched alkanes of at least 4 members (excludes halogenated alkanes) is 2. The molecule has 0 amide bonds. The molecule has 1 atom stereocenters. The third kappa shape index (κ3) is 14.0. The Bertz CT molecular complexity index is 124. The van der Waals surface area contributed by atoms with Crippen molar-refractivity contribution in [3.8, 4) is 0 Å². The van der Waals surface area contributed by atoms with E-state index in [4.69, 9.17) is 4.89 Å². The molecule has 0 aliphatic rings. The summed E-state index contributed by atoms with van der Waals surface area (Å²) in [4.78, 5) is 18.1. The van der Waals surface area contributed by atoms with Crippen LogP contribution in [0.5, 0.6) is 0 Å². The molecule has 0 heterocycles. The van der Waals surface area contributed by atoms with E-state index in [0.717, 1.165) is 12.8 Å². The van der Waals surface area contributed by atoms with Crippen LogP contribution in [-0.4, -0.2) is 11.5 Å². The Morgan fingerprint density at radius 3 is 2.45 bits per heavy atom. The number of phosphoric acid groups is 1. The van der Waals surface area contributed by atoms with E-state index in [2.05, 4.69) is 4.52 Å². The van der Waals surface area contributed by atoms with Gasteiger partial charge in [-0.15, -0.1) is 0 Å². The first-order valence-electron chi connectivity index (χ1n) is 3.24. The molecule has 6 heteroatoms. The standard InChI is InChI=1S/C5H13O4P.Na/c1-2-3-4-5-9-10(6,7)8;/h2-5H2,1H3,(H2,6,7,8);/q;+1/p-1. The van der Waals surface area contributed by atoms with E-state index in [1.807, 2.05) is 6.92 Å². The second-order valence-electron chi connectivity index (χ2n) is 2.01. The third-order valence-electron chi connectivity index (χ3n) is 1.00. The first kappa shape index (κ1) is 14.6. The number of hydrogen-bond acceptors (Lipinski definition) is 3. The molecule has 0 saturated heterocycles. The molecular weight excluding hydrogens is 178 g/mol. The molecule has 62 valence electrons. The zero-order chi connectivity index (χ0) is 8.04. The predicted molar refractivity (Wildman–Crippen MR) is 35.3 cm³/mol. The van der Waals surface area contributed by atoms with Crippen LogP contribution in [0, 0.1) is 0 Å². The predicted octanol–water partition coefficient (Wildman–Crippen LogP) is -2.34. The van der Waals surface area contributed by atoms with Crippen LogP contribution >= 0.6 is 7.82 Å². The SMILES string of the molecule is CCCCCOP(=O)([O-])O.[Na+]. The maximum Gasteiger partial charge on any atom is 1.00 e. The average molecular weight is 190 g/mol. The fraction of sp³-hybridized carbons (Fsp3) is 1.00. The molecule has 0 radical (unpaired) electrons. The molecule has 11 heavy (non-hydrogen) atoms. The molecule has 0 aromatic heterocycles. The molecule has 0 saturated carbocycles. The van der Waals surface area contributed by atoms with Crippen molar-refractivity contribution in [1.82, 2.24) is 0 Å². The van der Waals surface area contributed by atoms with Gasteiger partial charge in [0.05, 0.1) is 6.61 Å². The van der Waals surface area contributed by atoms with Gasteiger partial charge in [0, 0.05) is 0 Å². The number of hydrogen-bond donors (Lipinski definition) is 1. The van der Waals surface area contributed by atoms with E-state index < -0.39 is 7.82 Å². The first-order valence-corrected chi connectivity index (χ1v) is 4.74. The van der Waals surface area contributed by atoms with E-state index in [-0.39, 0.29) is 36.2 Å². The molecule has 0 aliphatic carbocycles. The molecule has 0 aromatic carbocycles. The minimum atomic E-state index is -4.46. The van der Waals surface area contributed by atoms with Crippen LogP contribution in [0.3, 0.4) is 0 Å². The van der Waals surface area contributed by atoms with Gasteiger partial charge in [0.2, 0.25) is 0 Å². The molecule has 0 bridgehead atoms. The summed E-state index contributed by atoms with van der Waals surface area (Å²) in [6.07, 6.45) is 2.58. The van der Waals surface area contributed by atoms with Crippen molar-refractivity contribution in [2.45, 2.75) is 26.2 Å². The Morgan fingerprint density at radius 1 is 1.55 bits per heavy atom. The van der Waals surface area contributed by atoms with E-state index in [1.54, 1.807) is 0 Å².